The average Bonchev–Trinajstić information content (AvgIpc) is 1.77. The van der Waals surface area contributed by atoms with E-state index >= 15 is 0 Å². The van der Waals surface area contributed by atoms with Gasteiger partial charge in [-0.1, -0.05) is 0 Å². The van der Waals surface area contributed by atoms with Crippen LogP contribution in [-0.2, 0) is 9.47 Å². The fraction of sp³-hybridized carbons (Fsp3) is 1.00. The molecule has 0 N–H and O–H groups in total. The van der Waals surface area contributed by atoms with Crippen LogP contribution in [0.25, 0.3) is 0 Å². The molecule has 0 aliphatic carbocycles. The Morgan fingerprint density at radius 2 is 1.73 bits per heavy atom. The van der Waals surface area contributed by atoms with E-state index in [1.54, 1.807) is 0 Å². The van der Waals surface area contributed by atoms with Crippen LogP contribution in [0.4, 0.5) is 0 Å². The summed E-state index contributed by atoms with van der Waals surface area (Å²) in [5.74, 6) is 0. The summed E-state index contributed by atoms with van der Waals surface area (Å²) >= 11 is 0. The maximum Gasteiger partial charge on any atom is 0.0892 e. The Morgan fingerprint density at radius 1 is 1.18 bits per heavy atom. The number of hydrogen-bond donors (Lipinski definition) is 0. The van der Waals surface area contributed by atoms with Gasteiger partial charge in [-0.25, -0.2) is 0 Å². The summed E-state index contributed by atoms with van der Waals surface area (Å²) in [7, 11) is 0. The third kappa shape index (κ3) is 1.94. The Bertz CT molecular complexity index is 150. The van der Waals surface area contributed by atoms with Gasteiger partial charge in [-0.3, -0.25) is 0 Å². The zero-order chi connectivity index (χ0) is 8.70. The highest BCUT2D eigenvalue weighted by atomic mass is 16.6. The van der Waals surface area contributed by atoms with E-state index in [9.17, 15) is 0 Å². The summed E-state index contributed by atoms with van der Waals surface area (Å²) < 4.78 is 11.4. The molecule has 0 bridgehead atoms. The minimum atomic E-state index is -0.151. The molecule has 2 nitrogen and oxygen atoms in total. The maximum absolute atomic E-state index is 5.85. The summed E-state index contributed by atoms with van der Waals surface area (Å²) in [6.45, 7) is 11.0. The largest absolute Gasteiger partial charge is 0.373 e. The fourth-order valence-electron chi connectivity index (χ4n) is 1.35. The zero-order valence-corrected chi connectivity index (χ0v) is 8.10. The van der Waals surface area contributed by atoms with Crippen molar-refractivity contribution in [3.63, 3.8) is 0 Å². The molecule has 1 heterocycles. The molecule has 1 aliphatic heterocycles. The monoisotopic (exact) mass is 158 g/mol. The van der Waals surface area contributed by atoms with E-state index in [4.69, 9.17) is 9.47 Å². The smallest absolute Gasteiger partial charge is 0.0892 e. The van der Waals surface area contributed by atoms with Crippen LogP contribution in [-0.4, -0.2) is 23.9 Å². The molecule has 0 amide bonds. The van der Waals surface area contributed by atoms with Gasteiger partial charge < -0.3 is 9.47 Å². The quantitative estimate of drug-likeness (QED) is 0.536. The van der Waals surface area contributed by atoms with Crippen LogP contribution >= 0.6 is 0 Å². The first-order valence-corrected chi connectivity index (χ1v) is 4.15. The Labute approximate surface area is 68.9 Å². The summed E-state index contributed by atoms with van der Waals surface area (Å²) in [5.41, 5.74) is -0.280. The van der Waals surface area contributed by atoms with E-state index in [0.717, 1.165) is 0 Å². The van der Waals surface area contributed by atoms with Crippen molar-refractivity contribution in [1.29, 1.82) is 0 Å². The van der Waals surface area contributed by atoms with Crippen molar-refractivity contribution in [1.82, 2.24) is 0 Å². The van der Waals surface area contributed by atoms with Crippen molar-refractivity contribution in [3.05, 3.63) is 0 Å². The molecule has 0 aromatic rings. The van der Waals surface area contributed by atoms with Gasteiger partial charge >= 0.3 is 0 Å². The first-order chi connectivity index (χ1) is 4.83. The third-order valence-electron chi connectivity index (χ3n) is 2.20. The number of ether oxygens (including phenoxy) is 2. The molecule has 1 aliphatic rings. The fourth-order valence-corrected chi connectivity index (χ4v) is 1.35. The summed E-state index contributed by atoms with van der Waals surface area (Å²) in [6, 6.07) is 0. The molecule has 66 valence electrons. The molecule has 1 fully saturated rings. The van der Waals surface area contributed by atoms with Gasteiger partial charge in [0.1, 0.15) is 0 Å². The van der Waals surface area contributed by atoms with Crippen LogP contribution < -0.4 is 0 Å². The second kappa shape index (κ2) is 2.46. The zero-order valence-electron chi connectivity index (χ0n) is 8.10. The highest BCUT2D eigenvalue weighted by molar-refractivity contribution is 4.86. The molecule has 0 aromatic heterocycles. The van der Waals surface area contributed by atoms with Crippen LogP contribution in [0.1, 0.15) is 34.6 Å². The highest BCUT2D eigenvalue weighted by Gasteiger charge is 2.39. The van der Waals surface area contributed by atoms with Gasteiger partial charge in [0, 0.05) is 0 Å². The van der Waals surface area contributed by atoms with Crippen LogP contribution in [0.2, 0.25) is 0 Å². The van der Waals surface area contributed by atoms with Crippen molar-refractivity contribution in [3.8, 4) is 0 Å². The van der Waals surface area contributed by atoms with E-state index in [0.29, 0.717) is 6.61 Å². The highest BCUT2D eigenvalue weighted by Crippen LogP contribution is 2.30. The molecule has 1 saturated heterocycles. The van der Waals surface area contributed by atoms with E-state index in [1.165, 1.54) is 0 Å². The van der Waals surface area contributed by atoms with Gasteiger partial charge in [0.2, 0.25) is 0 Å². The van der Waals surface area contributed by atoms with Crippen molar-refractivity contribution in [2.75, 3.05) is 6.61 Å². The molecule has 0 radical (unpaired) electrons. The molecule has 0 spiro atoms. The van der Waals surface area contributed by atoms with E-state index in [-0.39, 0.29) is 17.3 Å². The second-order valence-electron chi connectivity index (χ2n) is 4.42. The lowest BCUT2D eigenvalue weighted by Crippen LogP contribution is -2.53. The molecule has 1 atom stereocenters. The Hall–Kier alpha value is -0.0800. The van der Waals surface area contributed by atoms with Crippen LogP contribution in [0.15, 0.2) is 0 Å². The average molecular weight is 158 g/mol. The molecule has 0 saturated carbocycles. The van der Waals surface area contributed by atoms with Gasteiger partial charge in [-0.05, 0) is 34.6 Å². The van der Waals surface area contributed by atoms with Gasteiger partial charge in [0.15, 0.2) is 0 Å². The molecule has 1 rings (SSSR count). The minimum absolute atomic E-state index is 0.129. The Balaban J connectivity index is 2.67. The van der Waals surface area contributed by atoms with E-state index in [2.05, 4.69) is 34.6 Å². The lowest BCUT2D eigenvalue weighted by atomic mass is 9.98. The standard InChI is InChI=1S/C9H18O2/c1-7-9(4,5)11-8(2,3)6-10-7/h7H,6H2,1-5H3. The summed E-state index contributed by atoms with van der Waals surface area (Å²) in [4.78, 5) is 0. The van der Waals surface area contributed by atoms with Crippen LogP contribution in [0, 0.1) is 0 Å². The number of hydrogen-bond acceptors (Lipinski definition) is 2. The minimum Gasteiger partial charge on any atom is -0.373 e. The predicted octanol–water partition coefficient (Wildman–Crippen LogP) is 1.98. The van der Waals surface area contributed by atoms with Crippen molar-refractivity contribution in [2.24, 2.45) is 0 Å². The lowest BCUT2D eigenvalue weighted by molar-refractivity contribution is -0.253. The van der Waals surface area contributed by atoms with Crippen LogP contribution in [0.5, 0.6) is 0 Å². The predicted molar refractivity (Wildman–Crippen MR) is 44.7 cm³/mol. The van der Waals surface area contributed by atoms with Crippen molar-refractivity contribution >= 4 is 0 Å². The summed E-state index contributed by atoms with van der Waals surface area (Å²) in [6.07, 6.45) is 0.190. The van der Waals surface area contributed by atoms with Crippen molar-refractivity contribution in [2.45, 2.75) is 51.9 Å². The number of rotatable bonds is 0. The maximum atomic E-state index is 5.85. The molecule has 11 heavy (non-hydrogen) atoms. The Morgan fingerprint density at radius 3 is 2.09 bits per heavy atom. The molecule has 2 heteroatoms. The van der Waals surface area contributed by atoms with Gasteiger partial charge in [-0.2, -0.15) is 0 Å². The molecular formula is C9H18O2. The molecule has 0 aromatic carbocycles. The SMILES string of the molecule is CC1OCC(C)(C)OC1(C)C. The van der Waals surface area contributed by atoms with E-state index < -0.39 is 0 Å². The van der Waals surface area contributed by atoms with Gasteiger partial charge in [0.25, 0.3) is 0 Å². The molecule has 1 unspecified atom stereocenters. The normalized spacial score (nSPS) is 35.2. The topological polar surface area (TPSA) is 18.5 Å². The van der Waals surface area contributed by atoms with Gasteiger partial charge in [0.05, 0.1) is 23.9 Å². The summed E-state index contributed by atoms with van der Waals surface area (Å²) in [5, 5.41) is 0. The second-order valence-corrected chi connectivity index (χ2v) is 4.42. The third-order valence-corrected chi connectivity index (χ3v) is 2.20. The van der Waals surface area contributed by atoms with Gasteiger partial charge in [-0.15, -0.1) is 0 Å². The van der Waals surface area contributed by atoms with Crippen molar-refractivity contribution < 1.29 is 9.47 Å². The first kappa shape index (κ1) is 9.01. The Kier molecular flexibility index (Phi) is 2.01. The lowest BCUT2D eigenvalue weighted by Gasteiger charge is -2.45. The molecular weight excluding hydrogens is 140 g/mol. The van der Waals surface area contributed by atoms with E-state index in [1.807, 2.05) is 0 Å². The van der Waals surface area contributed by atoms with Crippen LogP contribution in [0.3, 0.4) is 0 Å². The first-order valence-electron chi connectivity index (χ1n) is 4.15.